The lowest BCUT2D eigenvalue weighted by Gasteiger charge is -2.39. The third-order valence-electron chi connectivity index (χ3n) is 4.91. The molecule has 1 N–H and O–H groups in total. The molecule has 0 saturated carbocycles. The number of nitrogens with one attached hydrogen (secondary N) is 1. The lowest BCUT2D eigenvalue weighted by molar-refractivity contribution is 0.189. The SMILES string of the molecule is CCNC(=NCc1ccc(CC)s1)N1CCC(C)C(n2ccnc2)C1. The third kappa shape index (κ3) is 4.42. The number of aromatic nitrogens is 2. The maximum atomic E-state index is 4.91. The predicted molar refractivity (Wildman–Crippen MR) is 105 cm³/mol. The van der Waals surface area contributed by atoms with Crippen LogP contribution < -0.4 is 5.32 Å². The summed E-state index contributed by atoms with van der Waals surface area (Å²) < 4.78 is 2.24. The van der Waals surface area contributed by atoms with Gasteiger partial charge in [-0.05, 0) is 37.8 Å². The number of hydrogen-bond acceptors (Lipinski definition) is 3. The Bertz CT molecular complexity index is 676. The molecule has 136 valence electrons. The van der Waals surface area contributed by atoms with Gasteiger partial charge in [0.2, 0.25) is 0 Å². The number of guanidine groups is 1. The van der Waals surface area contributed by atoms with Crippen LogP contribution >= 0.6 is 11.3 Å². The van der Waals surface area contributed by atoms with Crippen molar-refractivity contribution in [2.75, 3.05) is 19.6 Å². The first kappa shape index (κ1) is 18.0. The van der Waals surface area contributed by atoms with E-state index in [0.717, 1.165) is 38.6 Å². The van der Waals surface area contributed by atoms with Crippen molar-refractivity contribution in [3.05, 3.63) is 40.6 Å². The Morgan fingerprint density at radius 3 is 2.88 bits per heavy atom. The van der Waals surface area contributed by atoms with Crippen LogP contribution in [0.3, 0.4) is 0 Å². The monoisotopic (exact) mass is 359 g/mol. The molecule has 2 unspecified atom stereocenters. The topological polar surface area (TPSA) is 45.5 Å². The molecule has 6 heteroatoms. The van der Waals surface area contributed by atoms with Crippen LogP contribution in [0.5, 0.6) is 0 Å². The maximum absolute atomic E-state index is 4.91. The minimum atomic E-state index is 0.452. The van der Waals surface area contributed by atoms with Crippen molar-refractivity contribution < 1.29 is 0 Å². The molecule has 3 rings (SSSR count). The van der Waals surface area contributed by atoms with E-state index in [0.29, 0.717) is 12.0 Å². The molecule has 0 radical (unpaired) electrons. The van der Waals surface area contributed by atoms with Gasteiger partial charge in [0.15, 0.2) is 5.96 Å². The lowest BCUT2D eigenvalue weighted by atomic mass is 9.93. The summed E-state index contributed by atoms with van der Waals surface area (Å²) in [6.07, 6.45) is 8.16. The van der Waals surface area contributed by atoms with Crippen LogP contribution in [0.15, 0.2) is 35.8 Å². The van der Waals surface area contributed by atoms with E-state index in [2.05, 4.69) is 58.9 Å². The predicted octanol–water partition coefficient (Wildman–Crippen LogP) is 3.56. The number of hydrogen-bond donors (Lipinski definition) is 1. The van der Waals surface area contributed by atoms with E-state index in [9.17, 15) is 0 Å². The zero-order chi connectivity index (χ0) is 17.6. The number of aryl methyl sites for hydroxylation is 1. The first-order valence-corrected chi connectivity index (χ1v) is 10.1. The van der Waals surface area contributed by atoms with E-state index in [-0.39, 0.29) is 0 Å². The van der Waals surface area contributed by atoms with Crippen molar-refractivity contribution in [2.24, 2.45) is 10.9 Å². The fourth-order valence-corrected chi connectivity index (χ4v) is 4.25. The van der Waals surface area contributed by atoms with Gasteiger partial charge in [-0.1, -0.05) is 13.8 Å². The molecule has 0 aliphatic carbocycles. The Hall–Kier alpha value is -1.82. The summed E-state index contributed by atoms with van der Waals surface area (Å²) in [7, 11) is 0. The van der Waals surface area contributed by atoms with Crippen LogP contribution in [0.2, 0.25) is 0 Å². The molecule has 0 amide bonds. The number of imidazole rings is 1. The van der Waals surface area contributed by atoms with Crippen LogP contribution in [0.25, 0.3) is 0 Å². The highest BCUT2D eigenvalue weighted by atomic mass is 32.1. The second-order valence-electron chi connectivity index (χ2n) is 6.68. The van der Waals surface area contributed by atoms with E-state index in [4.69, 9.17) is 4.99 Å². The smallest absolute Gasteiger partial charge is 0.194 e. The Morgan fingerprint density at radius 1 is 1.36 bits per heavy atom. The van der Waals surface area contributed by atoms with Crippen LogP contribution in [0, 0.1) is 5.92 Å². The average Bonchev–Trinajstić information content (AvgIpc) is 3.31. The third-order valence-corrected chi connectivity index (χ3v) is 6.13. The van der Waals surface area contributed by atoms with E-state index in [1.54, 1.807) is 0 Å². The number of thiophene rings is 1. The Kier molecular flexibility index (Phi) is 6.13. The van der Waals surface area contributed by atoms with Gasteiger partial charge in [-0.15, -0.1) is 11.3 Å². The van der Waals surface area contributed by atoms with E-state index in [1.165, 1.54) is 16.2 Å². The summed E-state index contributed by atoms with van der Waals surface area (Å²) >= 11 is 1.87. The minimum absolute atomic E-state index is 0.452. The van der Waals surface area contributed by atoms with E-state index in [1.807, 2.05) is 23.9 Å². The molecule has 1 fully saturated rings. The first-order valence-electron chi connectivity index (χ1n) is 9.29. The van der Waals surface area contributed by atoms with Crippen molar-refractivity contribution in [1.29, 1.82) is 0 Å². The lowest BCUT2D eigenvalue weighted by Crippen LogP contribution is -2.49. The highest BCUT2D eigenvalue weighted by Gasteiger charge is 2.28. The largest absolute Gasteiger partial charge is 0.357 e. The van der Waals surface area contributed by atoms with Gasteiger partial charge in [-0.3, -0.25) is 0 Å². The molecule has 2 aromatic rings. The Balaban J connectivity index is 1.71. The van der Waals surface area contributed by atoms with Crippen molar-refractivity contribution in [3.63, 3.8) is 0 Å². The van der Waals surface area contributed by atoms with Crippen LogP contribution in [-0.4, -0.2) is 40.0 Å². The molecule has 0 aromatic carbocycles. The van der Waals surface area contributed by atoms with Gasteiger partial charge >= 0.3 is 0 Å². The number of likely N-dealkylation sites (tertiary alicyclic amines) is 1. The van der Waals surface area contributed by atoms with Gasteiger partial charge in [0, 0.05) is 41.8 Å². The molecule has 5 nitrogen and oxygen atoms in total. The number of nitrogens with zero attached hydrogens (tertiary/aromatic N) is 4. The van der Waals surface area contributed by atoms with Crippen LogP contribution in [0.1, 0.15) is 43.0 Å². The van der Waals surface area contributed by atoms with Gasteiger partial charge in [-0.25, -0.2) is 9.98 Å². The molecule has 25 heavy (non-hydrogen) atoms. The fraction of sp³-hybridized carbons (Fsp3) is 0.579. The highest BCUT2D eigenvalue weighted by molar-refractivity contribution is 7.11. The summed E-state index contributed by atoms with van der Waals surface area (Å²) in [4.78, 5) is 14.3. The van der Waals surface area contributed by atoms with Crippen molar-refractivity contribution in [3.8, 4) is 0 Å². The van der Waals surface area contributed by atoms with Crippen molar-refractivity contribution in [2.45, 2.75) is 46.2 Å². The fourth-order valence-electron chi connectivity index (χ4n) is 3.37. The molecule has 0 bridgehead atoms. The normalized spacial score (nSPS) is 21.6. The van der Waals surface area contributed by atoms with Crippen LogP contribution in [-0.2, 0) is 13.0 Å². The summed E-state index contributed by atoms with van der Waals surface area (Å²) in [5, 5.41) is 3.48. The summed E-state index contributed by atoms with van der Waals surface area (Å²) in [6, 6.07) is 4.89. The van der Waals surface area contributed by atoms with Gasteiger partial charge in [-0.2, -0.15) is 0 Å². The number of aliphatic imine (C=N–C) groups is 1. The highest BCUT2D eigenvalue weighted by Crippen LogP contribution is 2.27. The summed E-state index contributed by atoms with van der Waals surface area (Å²) in [6.45, 7) is 10.4. The van der Waals surface area contributed by atoms with E-state index < -0.39 is 0 Å². The first-order chi connectivity index (χ1) is 12.2. The van der Waals surface area contributed by atoms with Gasteiger partial charge in [0.05, 0.1) is 18.9 Å². The zero-order valence-corrected chi connectivity index (χ0v) is 16.3. The molecule has 2 aromatic heterocycles. The quantitative estimate of drug-likeness (QED) is 0.656. The maximum Gasteiger partial charge on any atom is 0.194 e. The molecule has 1 aliphatic heterocycles. The second-order valence-corrected chi connectivity index (χ2v) is 7.93. The molecular weight excluding hydrogens is 330 g/mol. The van der Waals surface area contributed by atoms with Crippen molar-refractivity contribution in [1.82, 2.24) is 19.8 Å². The number of rotatable bonds is 5. The molecule has 1 saturated heterocycles. The second kappa shape index (κ2) is 8.52. The van der Waals surface area contributed by atoms with Gasteiger partial charge in [0.1, 0.15) is 0 Å². The Morgan fingerprint density at radius 2 is 2.20 bits per heavy atom. The van der Waals surface area contributed by atoms with Crippen LogP contribution in [0.4, 0.5) is 0 Å². The number of piperidine rings is 1. The zero-order valence-electron chi connectivity index (χ0n) is 15.5. The van der Waals surface area contributed by atoms with Crippen molar-refractivity contribution >= 4 is 17.3 Å². The molecule has 3 heterocycles. The summed E-state index contributed by atoms with van der Waals surface area (Å²) in [5.74, 6) is 1.68. The van der Waals surface area contributed by atoms with Gasteiger partial charge in [0.25, 0.3) is 0 Å². The summed E-state index contributed by atoms with van der Waals surface area (Å²) in [5.41, 5.74) is 0. The average molecular weight is 360 g/mol. The molecular formula is C19H29N5S. The standard InChI is InChI=1S/C19H29N5S/c1-4-16-6-7-17(25-16)12-22-19(21-5-2)23-10-8-15(3)18(13-23)24-11-9-20-14-24/h6-7,9,11,14-15,18H,4-5,8,10,12-13H2,1-3H3,(H,21,22). The van der Waals surface area contributed by atoms with E-state index >= 15 is 0 Å². The Labute approximate surface area is 154 Å². The van der Waals surface area contributed by atoms with Gasteiger partial charge < -0.3 is 14.8 Å². The molecule has 0 spiro atoms. The minimum Gasteiger partial charge on any atom is -0.357 e. The molecule has 1 aliphatic rings. The molecule has 2 atom stereocenters.